The molecule has 0 aromatic heterocycles. The van der Waals surface area contributed by atoms with Crippen LogP contribution in [0.2, 0.25) is 0 Å². The third-order valence-corrected chi connectivity index (χ3v) is 5.34. The first-order valence-electron chi connectivity index (χ1n) is 9.93. The number of carbonyl (C=O) groups is 2. The van der Waals surface area contributed by atoms with Gasteiger partial charge in [0.05, 0.1) is 12.7 Å². The molecule has 2 fully saturated rings. The van der Waals surface area contributed by atoms with Crippen LogP contribution in [0, 0.1) is 0 Å². The molecule has 2 amide bonds. The molecule has 5 nitrogen and oxygen atoms in total. The fourth-order valence-corrected chi connectivity index (χ4v) is 3.79. The molecule has 0 radical (unpaired) electrons. The Morgan fingerprint density at radius 1 is 1.15 bits per heavy atom. The molecule has 0 spiro atoms. The molecule has 0 unspecified atom stereocenters. The maximum atomic E-state index is 12.5. The lowest BCUT2D eigenvalue weighted by Gasteiger charge is -2.34. The van der Waals surface area contributed by atoms with Gasteiger partial charge in [-0.05, 0) is 37.7 Å². The number of hydrogen-bond acceptors (Lipinski definition) is 3. The zero-order valence-electron chi connectivity index (χ0n) is 15.6. The van der Waals surface area contributed by atoms with E-state index in [0.717, 1.165) is 38.6 Å². The molecule has 2 aliphatic rings. The van der Waals surface area contributed by atoms with E-state index in [9.17, 15) is 9.59 Å². The van der Waals surface area contributed by atoms with Crippen LogP contribution in [-0.2, 0) is 20.7 Å². The second kappa shape index (κ2) is 9.72. The monoisotopic (exact) mass is 358 g/mol. The number of likely N-dealkylation sites (tertiary alicyclic amines) is 1. The number of benzene rings is 1. The number of rotatable bonds is 7. The van der Waals surface area contributed by atoms with Crippen LogP contribution in [0.1, 0.15) is 44.1 Å². The number of piperidine rings is 1. The number of carbonyl (C=O) groups excluding carboxylic acids is 2. The predicted octanol–water partition coefficient (Wildman–Crippen LogP) is 2.64. The van der Waals surface area contributed by atoms with Gasteiger partial charge >= 0.3 is 0 Å². The van der Waals surface area contributed by atoms with E-state index < -0.39 is 0 Å². The summed E-state index contributed by atoms with van der Waals surface area (Å²) in [6.45, 7) is 3.33. The lowest BCUT2D eigenvalue weighted by atomic mass is 10.0. The molecule has 2 saturated heterocycles. The summed E-state index contributed by atoms with van der Waals surface area (Å²) < 4.78 is 5.85. The molecule has 2 heterocycles. The minimum atomic E-state index is 0.132. The van der Waals surface area contributed by atoms with Gasteiger partial charge in [-0.2, -0.15) is 0 Å². The normalized spacial score (nSPS) is 21.1. The van der Waals surface area contributed by atoms with Gasteiger partial charge in [-0.25, -0.2) is 0 Å². The summed E-state index contributed by atoms with van der Waals surface area (Å²) in [5, 5.41) is 0. The molecule has 2 aliphatic heterocycles. The van der Waals surface area contributed by atoms with Crippen LogP contribution in [0.4, 0.5) is 0 Å². The number of amides is 2. The lowest BCUT2D eigenvalue weighted by Crippen LogP contribution is -2.47. The summed E-state index contributed by atoms with van der Waals surface area (Å²) in [5.74, 6) is 0.351. The first kappa shape index (κ1) is 18.9. The van der Waals surface area contributed by atoms with Gasteiger partial charge in [0.15, 0.2) is 0 Å². The maximum Gasteiger partial charge on any atom is 0.224 e. The van der Waals surface area contributed by atoms with Crippen LogP contribution in [0.3, 0.4) is 0 Å². The highest BCUT2D eigenvalue weighted by atomic mass is 16.5. The van der Waals surface area contributed by atoms with E-state index in [-0.39, 0.29) is 17.9 Å². The number of aryl methyl sites for hydroxylation is 1. The van der Waals surface area contributed by atoms with E-state index in [2.05, 4.69) is 24.3 Å². The van der Waals surface area contributed by atoms with E-state index in [0.29, 0.717) is 39.1 Å². The third-order valence-electron chi connectivity index (χ3n) is 5.34. The number of ether oxygens (including phenoxy) is 1. The minimum Gasteiger partial charge on any atom is -0.375 e. The van der Waals surface area contributed by atoms with Gasteiger partial charge < -0.3 is 14.5 Å². The molecule has 0 bridgehead atoms. The van der Waals surface area contributed by atoms with Crippen molar-refractivity contribution in [3.63, 3.8) is 0 Å². The van der Waals surface area contributed by atoms with Crippen molar-refractivity contribution >= 4 is 11.8 Å². The van der Waals surface area contributed by atoms with Crippen molar-refractivity contribution in [2.75, 3.05) is 32.8 Å². The van der Waals surface area contributed by atoms with E-state index in [4.69, 9.17) is 4.74 Å². The van der Waals surface area contributed by atoms with Crippen LogP contribution < -0.4 is 0 Å². The van der Waals surface area contributed by atoms with Crippen LogP contribution in [0.5, 0.6) is 0 Å². The standard InChI is InChI=1S/C21H30N2O3/c24-20-11-4-5-13-22(20)14-12-21(25)23-15-16-26-19(17-23)10-6-9-18-7-2-1-3-8-18/h1-3,7-8,19H,4-6,9-17H2/t19-/m1/s1. The van der Waals surface area contributed by atoms with Gasteiger partial charge in [0.2, 0.25) is 11.8 Å². The molecule has 142 valence electrons. The van der Waals surface area contributed by atoms with Gasteiger partial charge in [0.25, 0.3) is 0 Å². The Morgan fingerprint density at radius 2 is 2.00 bits per heavy atom. The molecular formula is C21H30N2O3. The molecule has 26 heavy (non-hydrogen) atoms. The van der Waals surface area contributed by atoms with E-state index in [1.54, 1.807) is 0 Å². The van der Waals surface area contributed by atoms with Crippen molar-refractivity contribution in [1.82, 2.24) is 9.80 Å². The lowest BCUT2D eigenvalue weighted by molar-refractivity contribution is -0.140. The van der Waals surface area contributed by atoms with Crippen molar-refractivity contribution in [3.05, 3.63) is 35.9 Å². The molecule has 0 N–H and O–H groups in total. The fourth-order valence-electron chi connectivity index (χ4n) is 3.79. The molecule has 0 saturated carbocycles. The highest BCUT2D eigenvalue weighted by Crippen LogP contribution is 2.15. The Balaban J connectivity index is 1.38. The Labute approximate surface area is 156 Å². The Morgan fingerprint density at radius 3 is 2.81 bits per heavy atom. The molecule has 1 atom stereocenters. The molecule has 5 heteroatoms. The summed E-state index contributed by atoms with van der Waals surface area (Å²) in [5.41, 5.74) is 1.35. The third kappa shape index (κ3) is 5.56. The summed E-state index contributed by atoms with van der Waals surface area (Å²) in [7, 11) is 0. The summed E-state index contributed by atoms with van der Waals surface area (Å²) in [6, 6.07) is 10.5. The fraction of sp³-hybridized carbons (Fsp3) is 0.619. The van der Waals surface area contributed by atoms with E-state index in [1.807, 2.05) is 15.9 Å². The average Bonchev–Trinajstić information content (AvgIpc) is 2.68. The quantitative estimate of drug-likeness (QED) is 0.753. The van der Waals surface area contributed by atoms with Gasteiger partial charge in [-0.1, -0.05) is 30.3 Å². The molecule has 1 aromatic carbocycles. The summed E-state index contributed by atoms with van der Waals surface area (Å²) in [6.07, 6.45) is 6.33. The van der Waals surface area contributed by atoms with Crippen molar-refractivity contribution < 1.29 is 14.3 Å². The van der Waals surface area contributed by atoms with Crippen molar-refractivity contribution in [2.24, 2.45) is 0 Å². The largest absolute Gasteiger partial charge is 0.375 e. The van der Waals surface area contributed by atoms with Crippen LogP contribution in [0.25, 0.3) is 0 Å². The second-order valence-electron chi connectivity index (χ2n) is 7.30. The Bertz CT molecular complexity index is 590. The van der Waals surface area contributed by atoms with E-state index >= 15 is 0 Å². The summed E-state index contributed by atoms with van der Waals surface area (Å²) in [4.78, 5) is 28.1. The topological polar surface area (TPSA) is 49.9 Å². The van der Waals surface area contributed by atoms with Crippen LogP contribution in [0.15, 0.2) is 30.3 Å². The smallest absolute Gasteiger partial charge is 0.224 e. The van der Waals surface area contributed by atoms with Crippen LogP contribution >= 0.6 is 0 Å². The number of morpholine rings is 1. The zero-order chi connectivity index (χ0) is 18.2. The highest BCUT2D eigenvalue weighted by molar-refractivity contribution is 5.79. The maximum absolute atomic E-state index is 12.5. The predicted molar refractivity (Wildman–Crippen MR) is 101 cm³/mol. The Kier molecular flexibility index (Phi) is 7.06. The number of nitrogens with zero attached hydrogens (tertiary/aromatic N) is 2. The van der Waals surface area contributed by atoms with Crippen molar-refractivity contribution in [2.45, 2.75) is 51.0 Å². The first-order valence-corrected chi connectivity index (χ1v) is 9.93. The molecule has 0 aliphatic carbocycles. The first-order chi connectivity index (χ1) is 12.7. The summed E-state index contributed by atoms with van der Waals surface area (Å²) >= 11 is 0. The zero-order valence-corrected chi connectivity index (χ0v) is 15.6. The van der Waals surface area contributed by atoms with Gasteiger partial charge in [0.1, 0.15) is 0 Å². The minimum absolute atomic E-state index is 0.132. The van der Waals surface area contributed by atoms with Gasteiger partial charge in [0, 0.05) is 39.0 Å². The van der Waals surface area contributed by atoms with E-state index in [1.165, 1.54) is 5.56 Å². The second-order valence-corrected chi connectivity index (χ2v) is 7.30. The van der Waals surface area contributed by atoms with Crippen LogP contribution in [-0.4, -0.2) is 60.5 Å². The molecule has 3 rings (SSSR count). The van der Waals surface area contributed by atoms with Crippen molar-refractivity contribution in [3.8, 4) is 0 Å². The number of hydrogen-bond donors (Lipinski definition) is 0. The average molecular weight is 358 g/mol. The van der Waals surface area contributed by atoms with Crippen molar-refractivity contribution in [1.29, 1.82) is 0 Å². The molecule has 1 aromatic rings. The van der Waals surface area contributed by atoms with Gasteiger partial charge in [-0.15, -0.1) is 0 Å². The van der Waals surface area contributed by atoms with Gasteiger partial charge in [-0.3, -0.25) is 9.59 Å². The highest BCUT2D eigenvalue weighted by Gasteiger charge is 2.25. The molecular weight excluding hydrogens is 328 g/mol. The Hall–Kier alpha value is -1.88. The SMILES string of the molecule is O=C1CCCCN1CCC(=O)N1CCO[C@H](CCCc2ccccc2)C1.